The van der Waals surface area contributed by atoms with Crippen LogP contribution in [0.25, 0.3) is 0 Å². The molecule has 7 heteroatoms. The van der Waals surface area contributed by atoms with Crippen molar-refractivity contribution < 1.29 is 13.2 Å². The van der Waals surface area contributed by atoms with E-state index in [4.69, 9.17) is 5.14 Å². The molecule has 0 aliphatic heterocycles. The monoisotopic (exact) mass is 347 g/mol. The molecule has 1 atom stereocenters. The maximum Gasteiger partial charge on any atom is 0.238 e. The number of primary sulfonamides is 1. The standard InChI is InChI=1S/C17H21N3O3S/c1-13(17(21)20-12-14-5-3-2-4-6-14)19-11-15-7-9-16(10-8-15)24(18,22)23/h2-10,13,19H,11-12H2,1H3,(H,20,21)(H2,18,22,23)/t13-/m1/s1. The Labute approximate surface area is 142 Å². The molecule has 0 spiro atoms. The molecule has 4 N–H and O–H groups in total. The quantitative estimate of drug-likeness (QED) is 0.699. The van der Waals surface area contributed by atoms with E-state index in [2.05, 4.69) is 10.6 Å². The molecule has 2 rings (SSSR count). The molecule has 0 saturated carbocycles. The van der Waals surface area contributed by atoms with E-state index < -0.39 is 10.0 Å². The third-order valence-electron chi connectivity index (χ3n) is 3.57. The zero-order valence-electron chi connectivity index (χ0n) is 13.4. The highest BCUT2D eigenvalue weighted by molar-refractivity contribution is 7.89. The molecule has 128 valence electrons. The van der Waals surface area contributed by atoms with Gasteiger partial charge < -0.3 is 10.6 Å². The molecule has 1 amide bonds. The fraction of sp³-hybridized carbons (Fsp3) is 0.235. The van der Waals surface area contributed by atoms with Gasteiger partial charge in [0.05, 0.1) is 10.9 Å². The lowest BCUT2D eigenvalue weighted by atomic mass is 10.2. The molecule has 2 aromatic carbocycles. The average molecular weight is 347 g/mol. The van der Waals surface area contributed by atoms with E-state index in [-0.39, 0.29) is 16.8 Å². The van der Waals surface area contributed by atoms with Crippen LogP contribution in [0.5, 0.6) is 0 Å². The van der Waals surface area contributed by atoms with Crippen LogP contribution in [0.4, 0.5) is 0 Å². The van der Waals surface area contributed by atoms with Crippen LogP contribution in [0.2, 0.25) is 0 Å². The number of carbonyl (C=O) groups excluding carboxylic acids is 1. The summed E-state index contributed by atoms with van der Waals surface area (Å²) < 4.78 is 22.4. The Morgan fingerprint density at radius 2 is 1.58 bits per heavy atom. The van der Waals surface area contributed by atoms with Crippen molar-refractivity contribution in [2.75, 3.05) is 0 Å². The third-order valence-corrected chi connectivity index (χ3v) is 4.50. The van der Waals surface area contributed by atoms with Gasteiger partial charge in [0.1, 0.15) is 0 Å². The van der Waals surface area contributed by atoms with Crippen molar-refractivity contribution in [2.45, 2.75) is 31.0 Å². The topological polar surface area (TPSA) is 101 Å². The van der Waals surface area contributed by atoms with Crippen LogP contribution in [0, 0.1) is 0 Å². The first kappa shape index (κ1) is 18.1. The number of nitrogens with two attached hydrogens (primary N) is 1. The lowest BCUT2D eigenvalue weighted by Gasteiger charge is -2.14. The van der Waals surface area contributed by atoms with Crippen molar-refractivity contribution in [3.8, 4) is 0 Å². The van der Waals surface area contributed by atoms with E-state index in [9.17, 15) is 13.2 Å². The van der Waals surface area contributed by atoms with Gasteiger partial charge in [0.15, 0.2) is 0 Å². The van der Waals surface area contributed by atoms with Crippen molar-refractivity contribution in [1.82, 2.24) is 10.6 Å². The third kappa shape index (κ3) is 5.45. The molecule has 0 fully saturated rings. The molecule has 0 aliphatic rings. The lowest BCUT2D eigenvalue weighted by molar-refractivity contribution is -0.122. The Hall–Kier alpha value is -2.22. The van der Waals surface area contributed by atoms with E-state index in [0.29, 0.717) is 13.1 Å². The molecule has 0 aromatic heterocycles. The Balaban J connectivity index is 1.81. The zero-order valence-corrected chi connectivity index (χ0v) is 14.2. The number of amides is 1. The van der Waals surface area contributed by atoms with Crippen LogP contribution in [0.3, 0.4) is 0 Å². The van der Waals surface area contributed by atoms with Gasteiger partial charge in [-0.1, -0.05) is 42.5 Å². The van der Waals surface area contributed by atoms with Gasteiger partial charge in [-0.15, -0.1) is 0 Å². The van der Waals surface area contributed by atoms with Gasteiger partial charge in [0, 0.05) is 13.1 Å². The first-order valence-electron chi connectivity index (χ1n) is 7.53. The molecule has 24 heavy (non-hydrogen) atoms. The summed E-state index contributed by atoms with van der Waals surface area (Å²) in [5, 5.41) is 11.0. The summed E-state index contributed by atoms with van der Waals surface area (Å²) in [7, 11) is -3.68. The van der Waals surface area contributed by atoms with Gasteiger partial charge in [-0.2, -0.15) is 0 Å². The van der Waals surface area contributed by atoms with Crippen LogP contribution in [-0.2, 0) is 27.9 Å². The van der Waals surface area contributed by atoms with Gasteiger partial charge in [0.2, 0.25) is 15.9 Å². The molecular formula is C17H21N3O3S. The van der Waals surface area contributed by atoms with Gasteiger partial charge in [0.25, 0.3) is 0 Å². The molecule has 6 nitrogen and oxygen atoms in total. The van der Waals surface area contributed by atoms with Crippen molar-refractivity contribution in [3.63, 3.8) is 0 Å². The van der Waals surface area contributed by atoms with Crippen LogP contribution in [0.1, 0.15) is 18.1 Å². The summed E-state index contributed by atoms with van der Waals surface area (Å²) in [5.41, 5.74) is 1.90. The normalized spacial score (nSPS) is 12.6. The summed E-state index contributed by atoms with van der Waals surface area (Å²) in [4.78, 5) is 12.1. The number of sulfonamides is 1. The van der Waals surface area contributed by atoms with Crippen molar-refractivity contribution >= 4 is 15.9 Å². The van der Waals surface area contributed by atoms with Crippen molar-refractivity contribution in [3.05, 3.63) is 65.7 Å². The van der Waals surface area contributed by atoms with Gasteiger partial charge in [-0.25, -0.2) is 13.6 Å². The Morgan fingerprint density at radius 1 is 1.00 bits per heavy atom. The Kier molecular flexibility index (Phi) is 6.08. The average Bonchev–Trinajstić information content (AvgIpc) is 2.58. The van der Waals surface area contributed by atoms with Crippen molar-refractivity contribution in [2.24, 2.45) is 5.14 Å². The van der Waals surface area contributed by atoms with Gasteiger partial charge in [-0.05, 0) is 30.2 Å². The summed E-state index contributed by atoms with van der Waals surface area (Å²) in [5.74, 6) is -0.0972. The van der Waals surface area contributed by atoms with Gasteiger partial charge >= 0.3 is 0 Å². The second-order valence-electron chi connectivity index (χ2n) is 5.49. The minimum Gasteiger partial charge on any atom is -0.351 e. The lowest BCUT2D eigenvalue weighted by Crippen LogP contribution is -2.41. The van der Waals surface area contributed by atoms with Crippen molar-refractivity contribution in [1.29, 1.82) is 0 Å². The number of rotatable bonds is 7. The minimum atomic E-state index is -3.68. The predicted molar refractivity (Wildman–Crippen MR) is 92.4 cm³/mol. The first-order valence-corrected chi connectivity index (χ1v) is 9.07. The van der Waals surface area contributed by atoms with Crippen LogP contribution in [-0.4, -0.2) is 20.4 Å². The van der Waals surface area contributed by atoms with E-state index in [1.54, 1.807) is 19.1 Å². The maximum atomic E-state index is 12.1. The largest absolute Gasteiger partial charge is 0.351 e. The summed E-state index contributed by atoms with van der Waals surface area (Å²) in [6.45, 7) is 2.71. The second-order valence-corrected chi connectivity index (χ2v) is 7.06. The molecule has 0 aliphatic carbocycles. The summed E-state index contributed by atoms with van der Waals surface area (Å²) in [6, 6.07) is 15.5. The first-order chi connectivity index (χ1) is 11.4. The second kappa shape index (κ2) is 8.05. The Morgan fingerprint density at radius 3 is 2.17 bits per heavy atom. The summed E-state index contributed by atoms with van der Waals surface area (Å²) in [6.07, 6.45) is 0. The maximum absolute atomic E-state index is 12.1. The molecule has 0 bridgehead atoms. The molecular weight excluding hydrogens is 326 g/mol. The number of benzene rings is 2. The molecule has 0 unspecified atom stereocenters. The minimum absolute atomic E-state index is 0.0694. The molecule has 2 aromatic rings. The van der Waals surface area contributed by atoms with Gasteiger partial charge in [-0.3, -0.25) is 4.79 Å². The molecule has 0 heterocycles. The van der Waals surface area contributed by atoms with Crippen LogP contribution >= 0.6 is 0 Å². The smallest absolute Gasteiger partial charge is 0.238 e. The fourth-order valence-corrected chi connectivity index (χ4v) is 2.61. The number of hydrogen-bond acceptors (Lipinski definition) is 4. The van der Waals surface area contributed by atoms with Crippen LogP contribution < -0.4 is 15.8 Å². The fourth-order valence-electron chi connectivity index (χ4n) is 2.10. The molecule has 0 radical (unpaired) electrons. The molecule has 0 saturated heterocycles. The van der Waals surface area contributed by atoms with E-state index in [0.717, 1.165) is 11.1 Å². The Bertz CT molecular complexity index is 774. The highest BCUT2D eigenvalue weighted by atomic mass is 32.2. The predicted octanol–water partition coefficient (Wildman–Crippen LogP) is 1.13. The summed E-state index contributed by atoms with van der Waals surface area (Å²) >= 11 is 0. The zero-order chi connectivity index (χ0) is 17.6. The SMILES string of the molecule is C[C@@H](NCc1ccc(S(N)(=O)=O)cc1)C(=O)NCc1ccccc1. The van der Waals surface area contributed by atoms with E-state index in [1.807, 2.05) is 30.3 Å². The number of hydrogen-bond donors (Lipinski definition) is 3. The highest BCUT2D eigenvalue weighted by Gasteiger charge is 2.12. The van der Waals surface area contributed by atoms with E-state index in [1.165, 1.54) is 12.1 Å². The van der Waals surface area contributed by atoms with Crippen LogP contribution in [0.15, 0.2) is 59.5 Å². The number of carbonyl (C=O) groups is 1. The van der Waals surface area contributed by atoms with E-state index >= 15 is 0 Å². The highest BCUT2D eigenvalue weighted by Crippen LogP contribution is 2.08. The number of nitrogens with one attached hydrogen (secondary N) is 2.